The van der Waals surface area contributed by atoms with Crippen LogP contribution in [0.3, 0.4) is 0 Å². The monoisotopic (exact) mass is 320 g/mol. The standard InChI is InChI=1S/C18H32N4O/c1-5-23-14-13-21-18(19-3)20-12-11-16(2)22(4)15-17-9-7-6-8-10-17/h6-10,16H,5,11-15H2,1-4H3,(H2,19,20,21). The van der Waals surface area contributed by atoms with Crippen molar-refractivity contribution < 1.29 is 4.74 Å². The Kier molecular flexibility index (Phi) is 10.1. The van der Waals surface area contributed by atoms with Gasteiger partial charge >= 0.3 is 0 Å². The minimum absolute atomic E-state index is 0.504. The van der Waals surface area contributed by atoms with E-state index in [1.807, 2.05) is 6.92 Å². The van der Waals surface area contributed by atoms with Crippen molar-refractivity contribution >= 4 is 5.96 Å². The van der Waals surface area contributed by atoms with Gasteiger partial charge in [0.2, 0.25) is 0 Å². The molecule has 0 saturated carbocycles. The van der Waals surface area contributed by atoms with E-state index in [0.717, 1.165) is 38.6 Å². The topological polar surface area (TPSA) is 48.9 Å². The van der Waals surface area contributed by atoms with Gasteiger partial charge in [0.05, 0.1) is 6.61 Å². The molecule has 0 amide bonds. The van der Waals surface area contributed by atoms with Gasteiger partial charge in [-0.15, -0.1) is 0 Å². The lowest BCUT2D eigenvalue weighted by Crippen LogP contribution is -2.41. The van der Waals surface area contributed by atoms with E-state index in [-0.39, 0.29) is 0 Å². The summed E-state index contributed by atoms with van der Waals surface area (Å²) in [6.45, 7) is 8.36. The number of hydrogen-bond acceptors (Lipinski definition) is 3. The first-order valence-electron chi connectivity index (χ1n) is 8.43. The van der Waals surface area contributed by atoms with Gasteiger partial charge in [0.1, 0.15) is 0 Å². The molecule has 0 aliphatic heterocycles. The van der Waals surface area contributed by atoms with Crippen molar-refractivity contribution in [1.82, 2.24) is 15.5 Å². The molecule has 1 rings (SSSR count). The fraction of sp³-hybridized carbons (Fsp3) is 0.611. The zero-order valence-corrected chi connectivity index (χ0v) is 15.0. The molecule has 0 bridgehead atoms. The number of guanidine groups is 1. The molecule has 2 N–H and O–H groups in total. The third kappa shape index (κ3) is 8.57. The molecular formula is C18H32N4O. The summed E-state index contributed by atoms with van der Waals surface area (Å²) in [4.78, 5) is 6.60. The highest BCUT2D eigenvalue weighted by atomic mass is 16.5. The summed E-state index contributed by atoms with van der Waals surface area (Å²) >= 11 is 0. The average molecular weight is 320 g/mol. The van der Waals surface area contributed by atoms with Crippen LogP contribution in [0.5, 0.6) is 0 Å². The molecule has 0 aliphatic rings. The number of nitrogens with zero attached hydrogens (tertiary/aromatic N) is 2. The second-order valence-corrected chi connectivity index (χ2v) is 5.66. The minimum Gasteiger partial charge on any atom is -0.380 e. The molecule has 23 heavy (non-hydrogen) atoms. The summed E-state index contributed by atoms with van der Waals surface area (Å²) in [6.07, 6.45) is 1.06. The van der Waals surface area contributed by atoms with Crippen molar-refractivity contribution in [2.45, 2.75) is 32.9 Å². The van der Waals surface area contributed by atoms with Crippen LogP contribution in [-0.2, 0) is 11.3 Å². The van der Waals surface area contributed by atoms with Crippen LogP contribution < -0.4 is 10.6 Å². The summed E-state index contributed by atoms with van der Waals surface area (Å²) in [5.74, 6) is 0.836. The predicted octanol–water partition coefficient (Wildman–Crippen LogP) is 2.10. The molecule has 0 fully saturated rings. The fourth-order valence-corrected chi connectivity index (χ4v) is 2.25. The Morgan fingerprint density at radius 2 is 1.91 bits per heavy atom. The largest absolute Gasteiger partial charge is 0.380 e. The lowest BCUT2D eigenvalue weighted by Gasteiger charge is -2.25. The van der Waals surface area contributed by atoms with Crippen LogP contribution in [0.4, 0.5) is 0 Å². The molecule has 0 aliphatic carbocycles. The molecule has 1 atom stereocenters. The summed E-state index contributed by atoms with van der Waals surface area (Å²) in [6, 6.07) is 11.1. The Hall–Kier alpha value is -1.59. The van der Waals surface area contributed by atoms with Crippen LogP contribution in [0.25, 0.3) is 0 Å². The van der Waals surface area contributed by atoms with Crippen molar-refractivity contribution in [3.8, 4) is 0 Å². The van der Waals surface area contributed by atoms with Gasteiger partial charge in [-0.3, -0.25) is 9.89 Å². The van der Waals surface area contributed by atoms with E-state index in [1.54, 1.807) is 7.05 Å². The van der Waals surface area contributed by atoms with Gasteiger partial charge in [-0.05, 0) is 32.9 Å². The first-order chi connectivity index (χ1) is 11.2. The zero-order valence-electron chi connectivity index (χ0n) is 15.0. The van der Waals surface area contributed by atoms with Gasteiger partial charge in [-0.25, -0.2) is 0 Å². The van der Waals surface area contributed by atoms with Gasteiger partial charge in [0.25, 0.3) is 0 Å². The molecule has 0 heterocycles. The van der Waals surface area contributed by atoms with E-state index in [0.29, 0.717) is 12.6 Å². The van der Waals surface area contributed by atoms with E-state index in [1.165, 1.54) is 5.56 Å². The fourth-order valence-electron chi connectivity index (χ4n) is 2.25. The van der Waals surface area contributed by atoms with Crippen molar-refractivity contribution in [1.29, 1.82) is 0 Å². The number of ether oxygens (including phenoxy) is 1. The molecule has 5 nitrogen and oxygen atoms in total. The highest BCUT2D eigenvalue weighted by Crippen LogP contribution is 2.07. The highest BCUT2D eigenvalue weighted by molar-refractivity contribution is 5.79. The first kappa shape index (κ1) is 19.5. The van der Waals surface area contributed by atoms with Gasteiger partial charge < -0.3 is 15.4 Å². The molecule has 130 valence electrons. The van der Waals surface area contributed by atoms with Crippen LogP contribution in [-0.4, -0.2) is 57.3 Å². The Morgan fingerprint density at radius 3 is 2.57 bits per heavy atom. The Morgan fingerprint density at radius 1 is 1.22 bits per heavy atom. The van der Waals surface area contributed by atoms with Crippen LogP contribution in [0.1, 0.15) is 25.8 Å². The molecule has 1 unspecified atom stereocenters. The maximum absolute atomic E-state index is 5.31. The van der Waals surface area contributed by atoms with Gasteiger partial charge in [0.15, 0.2) is 5.96 Å². The zero-order chi connectivity index (χ0) is 16.9. The first-order valence-corrected chi connectivity index (χ1v) is 8.43. The van der Waals surface area contributed by atoms with Crippen LogP contribution in [0.2, 0.25) is 0 Å². The molecule has 0 radical (unpaired) electrons. The van der Waals surface area contributed by atoms with Crippen molar-refractivity contribution in [2.75, 3.05) is 40.4 Å². The minimum atomic E-state index is 0.504. The van der Waals surface area contributed by atoms with E-state index >= 15 is 0 Å². The molecular weight excluding hydrogens is 288 g/mol. The SMILES string of the molecule is CCOCCNC(=NC)NCCC(C)N(C)Cc1ccccc1. The number of hydrogen-bond donors (Lipinski definition) is 2. The second-order valence-electron chi connectivity index (χ2n) is 5.66. The molecule has 0 aromatic heterocycles. The lowest BCUT2D eigenvalue weighted by molar-refractivity contribution is 0.152. The number of aliphatic imine (C=N–C) groups is 1. The lowest BCUT2D eigenvalue weighted by atomic mass is 10.1. The highest BCUT2D eigenvalue weighted by Gasteiger charge is 2.09. The average Bonchev–Trinajstić information content (AvgIpc) is 2.57. The summed E-state index contributed by atoms with van der Waals surface area (Å²) < 4.78 is 5.31. The van der Waals surface area contributed by atoms with E-state index in [4.69, 9.17) is 4.74 Å². The smallest absolute Gasteiger partial charge is 0.191 e. The Bertz CT molecular complexity index is 436. The summed E-state index contributed by atoms with van der Waals surface area (Å²) in [7, 11) is 3.97. The molecule has 0 spiro atoms. The number of benzene rings is 1. The third-order valence-corrected chi connectivity index (χ3v) is 3.85. The molecule has 5 heteroatoms. The van der Waals surface area contributed by atoms with E-state index in [2.05, 4.69) is 64.8 Å². The van der Waals surface area contributed by atoms with Gasteiger partial charge in [0, 0.05) is 39.3 Å². The second kappa shape index (κ2) is 11.9. The maximum atomic E-state index is 5.31. The van der Waals surface area contributed by atoms with Crippen LogP contribution in [0, 0.1) is 0 Å². The normalized spacial score (nSPS) is 13.2. The third-order valence-electron chi connectivity index (χ3n) is 3.85. The van der Waals surface area contributed by atoms with Crippen molar-refractivity contribution in [3.05, 3.63) is 35.9 Å². The molecule has 0 saturated heterocycles. The quantitative estimate of drug-likeness (QED) is 0.394. The number of rotatable bonds is 10. The Labute approximate surface area is 141 Å². The van der Waals surface area contributed by atoms with E-state index < -0.39 is 0 Å². The Balaban J connectivity index is 2.22. The maximum Gasteiger partial charge on any atom is 0.191 e. The predicted molar refractivity (Wildman–Crippen MR) is 97.8 cm³/mol. The molecule has 1 aromatic rings. The number of nitrogens with one attached hydrogen (secondary N) is 2. The molecule has 1 aromatic carbocycles. The van der Waals surface area contributed by atoms with Crippen molar-refractivity contribution in [2.24, 2.45) is 4.99 Å². The van der Waals surface area contributed by atoms with Gasteiger partial charge in [-0.1, -0.05) is 30.3 Å². The van der Waals surface area contributed by atoms with E-state index in [9.17, 15) is 0 Å². The van der Waals surface area contributed by atoms with Crippen LogP contribution in [0.15, 0.2) is 35.3 Å². The van der Waals surface area contributed by atoms with Crippen molar-refractivity contribution in [3.63, 3.8) is 0 Å². The summed E-state index contributed by atoms with van der Waals surface area (Å²) in [5, 5.41) is 6.60. The van der Waals surface area contributed by atoms with Crippen LogP contribution >= 0.6 is 0 Å². The van der Waals surface area contributed by atoms with Gasteiger partial charge in [-0.2, -0.15) is 0 Å². The summed E-state index contributed by atoms with van der Waals surface area (Å²) in [5.41, 5.74) is 1.35.